The lowest BCUT2D eigenvalue weighted by molar-refractivity contribution is 0.147. The third-order valence-corrected chi connectivity index (χ3v) is 1.67. The first kappa shape index (κ1) is 8.79. The molecule has 0 bridgehead atoms. The van der Waals surface area contributed by atoms with Gasteiger partial charge in [0.25, 0.3) is 0 Å². The van der Waals surface area contributed by atoms with Crippen molar-refractivity contribution in [2.45, 2.75) is 13.0 Å². The highest BCUT2D eigenvalue weighted by Gasteiger charge is 2.04. The van der Waals surface area contributed by atoms with Crippen LogP contribution in [0.3, 0.4) is 0 Å². The Kier molecular flexibility index (Phi) is 2.87. The molecule has 1 aromatic carbocycles. The van der Waals surface area contributed by atoms with E-state index in [4.69, 9.17) is 11.6 Å². The molecule has 0 saturated carbocycles. The Balaban J connectivity index is 2.95. The highest BCUT2D eigenvalue weighted by atomic mass is 16.5. The summed E-state index contributed by atoms with van der Waals surface area (Å²) in [7, 11) is 0. The molecule has 1 unspecified atom stereocenters. The van der Waals surface area contributed by atoms with Crippen molar-refractivity contribution in [1.29, 1.82) is 0 Å². The van der Waals surface area contributed by atoms with Crippen LogP contribution in [0.5, 0.6) is 0 Å². The van der Waals surface area contributed by atoms with Crippen molar-refractivity contribution < 1.29 is 5.21 Å². The summed E-state index contributed by atoms with van der Waals surface area (Å²) in [5.74, 6) is 2.43. The number of nitrogens with one attached hydrogen (secondary N) is 1. The van der Waals surface area contributed by atoms with Crippen LogP contribution in [-0.2, 0) is 0 Å². The number of terminal acetylenes is 1. The van der Waals surface area contributed by atoms with Crippen LogP contribution in [-0.4, -0.2) is 5.21 Å². The van der Waals surface area contributed by atoms with Gasteiger partial charge >= 0.3 is 0 Å². The number of hydroxylamine groups is 1. The van der Waals surface area contributed by atoms with Gasteiger partial charge in [0, 0.05) is 0 Å². The maximum Gasteiger partial charge on any atom is 0.117 e. The second-order valence-corrected chi connectivity index (χ2v) is 2.64. The smallest absolute Gasteiger partial charge is 0.117 e. The van der Waals surface area contributed by atoms with Gasteiger partial charge in [0.1, 0.15) is 6.04 Å². The summed E-state index contributed by atoms with van der Waals surface area (Å²) in [5, 5.41) is 8.68. The van der Waals surface area contributed by atoms with Gasteiger partial charge in [0.2, 0.25) is 0 Å². The van der Waals surface area contributed by atoms with Crippen LogP contribution in [0.15, 0.2) is 24.3 Å². The normalized spacial score (nSPS) is 12.1. The molecule has 1 rings (SSSR count). The predicted octanol–water partition coefficient (Wildman–Crippen LogP) is 1.65. The van der Waals surface area contributed by atoms with E-state index in [2.05, 4.69) is 11.4 Å². The zero-order valence-electron chi connectivity index (χ0n) is 6.91. The number of benzene rings is 1. The van der Waals surface area contributed by atoms with Gasteiger partial charge in [-0.05, 0) is 12.5 Å². The molecule has 0 fully saturated rings. The number of hydrogen-bond donors (Lipinski definition) is 2. The molecule has 2 N–H and O–H groups in total. The van der Waals surface area contributed by atoms with E-state index in [0.717, 1.165) is 11.1 Å². The van der Waals surface area contributed by atoms with Crippen LogP contribution in [0.2, 0.25) is 0 Å². The zero-order chi connectivity index (χ0) is 8.97. The molecular formula is C10H11NO. The minimum atomic E-state index is -0.412. The fourth-order valence-electron chi connectivity index (χ4n) is 1.06. The minimum absolute atomic E-state index is 0.412. The number of rotatable bonds is 2. The average Bonchev–Trinajstić information content (AvgIpc) is 2.07. The van der Waals surface area contributed by atoms with E-state index in [-0.39, 0.29) is 0 Å². The van der Waals surface area contributed by atoms with Gasteiger partial charge in [0.15, 0.2) is 0 Å². The van der Waals surface area contributed by atoms with Gasteiger partial charge in [0.05, 0.1) is 0 Å². The summed E-state index contributed by atoms with van der Waals surface area (Å²) < 4.78 is 0. The van der Waals surface area contributed by atoms with Crippen molar-refractivity contribution in [2.75, 3.05) is 0 Å². The Morgan fingerprint density at radius 3 is 2.83 bits per heavy atom. The van der Waals surface area contributed by atoms with Gasteiger partial charge in [-0.3, -0.25) is 0 Å². The Hall–Kier alpha value is -1.30. The maximum absolute atomic E-state index is 8.68. The van der Waals surface area contributed by atoms with E-state index in [1.54, 1.807) is 0 Å². The second-order valence-electron chi connectivity index (χ2n) is 2.64. The van der Waals surface area contributed by atoms with Crippen molar-refractivity contribution in [3.63, 3.8) is 0 Å². The van der Waals surface area contributed by atoms with Crippen molar-refractivity contribution in [1.82, 2.24) is 5.48 Å². The number of hydrogen-bond acceptors (Lipinski definition) is 2. The Labute approximate surface area is 72.2 Å². The average molecular weight is 161 g/mol. The van der Waals surface area contributed by atoms with E-state index in [1.807, 2.05) is 31.2 Å². The molecule has 0 amide bonds. The lowest BCUT2D eigenvalue weighted by Crippen LogP contribution is -2.14. The monoisotopic (exact) mass is 161 g/mol. The fourth-order valence-corrected chi connectivity index (χ4v) is 1.06. The summed E-state index contributed by atoms with van der Waals surface area (Å²) in [6.07, 6.45) is 5.19. The predicted molar refractivity (Wildman–Crippen MR) is 47.7 cm³/mol. The third-order valence-electron chi connectivity index (χ3n) is 1.67. The molecular weight excluding hydrogens is 150 g/mol. The standard InChI is InChI=1S/C10H11NO/c1-3-10(11-12)9-6-4-5-8(2)7-9/h1,4-7,10-12H,2H3. The summed E-state index contributed by atoms with van der Waals surface area (Å²) in [5.41, 5.74) is 4.09. The Morgan fingerprint density at radius 1 is 1.58 bits per heavy atom. The minimum Gasteiger partial charge on any atom is -0.315 e. The van der Waals surface area contributed by atoms with Crippen LogP contribution in [0.4, 0.5) is 0 Å². The van der Waals surface area contributed by atoms with Crippen LogP contribution in [0, 0.1) is 19.3 Å². The van der Waals surface area contributed by atoms with Crippen LogP contribution in [0.25, 0.3) is 0 Å². The highest BCUT2D eigenvalue weighted by molar-refractivity contribution is 5.29. The summed E-state index contributed by atoms with van der Waals surface area (Å²) in [6, 6.07) is 7.29. The molecule has 62 valence electrons. The highest BCUT2D eigenvalue weighted by Crippen LogP contribution is 2.12. The summed E-state index contributed by atoms with van der Waals surface area (Å²) >= 11 is 0. The Bertz CT molecular complexity index is 301. The van der Waals surface area contributed by atoms with E-state index in [9.17, 15) is 0 Å². The van der Waals surface area contributed by atoms with Crippen molar-refractivity contribution in [2.24, 2.45) is 0 Å². The summed E-state index contributed by atoms with van der Waals surface area (Å²) in [6.45, 7) is 1.98. The quantitative estimate of drug-likeness (QED) is 0.510. The molecule has 0 radical (unpaired) electrons. The van der Waals surface area contributed by atoms with Gasteiger partial charge in [-0.25, -0.2) is 0 Å². The molecule has 0 saturated heterocycles. The van der Waals surface area contributed by atoms with Gasteiger partial charge in [-0.1, -0.05) is 35.7 Å². The third kappa shape index (κ3) is 1.85. The Morgan fingerprint density at radius 2 is 2.33 bits per heavy atom. The SMILES string of the molecule is C#CC(NO)c1cccc(C)c1. The topological polar surface area (TPSA) is 32.3 Å². The lowest BCUT2D eigenvalue weighted by Gasteiger charge is -2.08. The maximum atomic E-state index is 8.68. The molecule has 0 aromatic heterocycles. The largest absolute Gasteiger partial charge is 0.315 e. The molecule has 1 atom stereocenters. The second kappa shape index (κ2) is 3.91. The van der Waals surface area contributed by atoms with E-state index in [0.29, 0.717) is 0 Å². The summed E-state index contributed by atoms with van der Waals surface area (Å²) in [4.78, 5) is 0. The molecule has 2 nitrogen and oxygen atoms in total. The van der Waals surface area contributed by atoms with Gasteiger partial charge in [-0.15, -0.1) is 6.42 Å². The lowest BCUT2D eigenvalue weighted by atomic mass is 10.1. The first-order valence-electron chi connectivity index (χ1n) is 3.70. The molecule has 0 heterocycles. The van der Waals surface area contributed by atoms with Gasteiger partial charge < -0.3 is 5.21 Å². The molecule has 0 aliphatic rings. The van der Waals surface area contributed by atoms with E-state index in [1.165, 1.54) is 0 Å². The zero-order valence-corrected chi connectivity index (χ0v) is 6.91. The van der Waals surface area contributed by atoms with Crippen molar-refractivity contribution >= 4 is 0 Å². The van der Waals surface area contributed by atoms with Crippen molar-refractivity contribution in [3.8, 4) is 12.3 Å². The van der Waals surface area contributed by atoms with Crippen LogP contribution in [0.1, 0.15) is 17.2 Å². The molecule has 0 aliphatic carbocycles. The molecule has 1 aromatic rings. The first-order valence-corrected chi connectivity index (χ1v) is 3.70. The molecule has 0 spiro atoms. The van der Waals surface area contributed by atoms with Crippen molar-refractivity contribution in [3.05, 3.63) is 35.4 Å². The first-order chi connectivity index (χ1) is 5.77. The molecule has 2 heteroatoms. The van der Waals surface area contributed by atoms with E-state index >= 15 is 0 Å². The van der Waals surface area contributed by atoms with Crippen LogP contribution < -0.4 is 5.48 Å². The molecule has 0 aliphatic heterocycles. The van der Waals surface area contributed by atoms with E-state index < -0.39 is 6.04 Å². The van der Waals surface area contributed by atoms with Crippen LogP contribution >= 0.6 is 0 Å². The van der Waals surface area contributed by atoms with Gasteiger partial charge in [-0.2, -0.15) is 5.48 Å². The number of aryl methyl sites for hydroxylation is 1. The molecule has 12 heavy (non-hydrogen) atoms. The fraction of sp³-hybridized carbons (Fsp3) is 0.200.